The molecular weight excluding hydrogens is 552 g/mol. The van der Waals surface area contributed by atoms with Crippen LogP contribution in [0.2, 0.25) is 5.02 Å². The van der Waals surface area contributed by atoms with Crippen molar-refractivity contribution in [3.8, 4) is 5.69 Å². The minimum Gasteiger partial charge on any atom is -0.453 e. The van der Waals surface area contributed by atoms with Crippen LogP contribution in [0.15, 0.2) is 42.7 Å². The second-order valence-electron chi connectivity index (χ2n) is 9.65. The largest absolute Gasteiger partial charge is 0.453 e. The van der Waals surface area contributed by atoms with Crippen molar-refractivity contribution in [2.45, 2.75) is 45.1 Å². The van der Waals surface area contributed by atoms with E-state index >= 15 is 0 Å². The average Bonchev–Trinajstić information content (AvgIpc) is 3.48. The molecule has 0 spiro atoms. The summed E-state index contributed by atoms with van der Waals surface area (Å²) < 4.78 is 6.14. The number of ether oxygens (including phenoxy) is 1. The van der Waals surface area contributed by atoms with Gasteiger partial charge in [0.05, 0.1) is 24.0 Å². The lowest BCUT2D eigenvalue weighted by molar-refractivity contribution is -0.123. The van der Waals surface area contributed by atoms with Gasteiger partial charge in [-0.15, -0.1) is 5.10 Å². The van der Waals surface area contributed by atoms with Crippen molar-refractivity contribution in [1.29, 1.82) is 0 Å². The van der Waals surface area contributed by atoms with Gasteiger partial charge in [0.2, 0.25) is 11.8 Å². The predicted molar refractivity (Wildman–Crippen MR) is 151 cm³/mol. The first kappa shape index (κ1) is 29.5. The van der Waals surface area contributed by atoms with E-state index in [0.717, 1.165) is 11.3 Å². The fourth-order valence-corrected chi connectivity index (χ4v) is 4.67. The molecule has 1 aliphatic rings. The van der Waals surface area contributed by atoms with Crippen LogP contribution in [-0.2, 0) is 20.7 Å². The van der Waals surface area contributed by atoms with Crippen molar-refractivity contribution in [1.82, 2.24) is 30.8 Å². The maximum atomic E-state index is 13.3. The van der Waals surface area contributed by atoms with Crippen LogP contribution in [0, 0.1) is 5.92 Å². The second kappa shape index (κ2) is 13.7. The van der Waals surface area contributed by atoms with Crippen LogP contribution in [0.4, 0.5) is 16.2 Å². The average molecular weight is 583 g/mol. The second-order valence-corrected chi connectivity index (χ2v) is 10.1. The monoisotopic (exact) mass is 582 g/mol. The summed E-state index contributed by atoms with van der Waals surface area (Å²) in [6.07, 6.45) is 3.58. The number of nitrogens with one attached hydrogen (secondary N) is 4. The van der Waals surface area contributed by atoms with Gasteiger partial charge in [-0.05, 0) is 71.7 Å². The molecule has 4 N–H and O–H groups in total. The van der Waals surface area contributed by atoms with Gasteiger partial charge in [0, 0.05) is 23.2 Å². The van der Waals surface area contributed by atoms with Gasteiger partial charge in [-0.1, -0.05) is 31.4 Å². The first-order valence-corrected chi connectivity index (χ1v) is 13.5. The zero-order chi connectivity index (χ0) is 29.4. The lowest BCUT2D eigenvalue weighted by Gasteiger charge is -2.22. The van der Waals surface area contributed by atoms with Gasteiger partial charge < -0.3 is 20.7 Å². The predicted octanol–water partition coefficient (Wildman–Crippen LogP) is 3.10. The molecule has 0 radical (unpaired) electrons. The summed E-state index contributed by atoms with van der Waals surface area (Å²) in [6, 6.07) is 8.98. The number of methoxy groups -OCH3 is 1. The Labute approximate surface area is 241 Å². The number of nitrogens with zero attached hydrogens (tertiary/aromatic N) is 4. The van der Waals surface area contributed by atoms with Gasteiger partial charge in [0.25, 0.3) is 5.91 Å². The molecule has 0 bridgehead atoms. The van der Waals surface area contributed by atoms with Crippen molar-refractivity contribution in [2.24, 2.45) is 5.92 Å². The van der Waals surface area contributed by atoms with Crippen LogP contribution in [0.5, 0.6) is 0 Å². The normalized spacial score (nSPS) is 17.6. The Morgan fingerprint density at radius 1 is 1.15 bits per heavy atom. The number of amides is 4. The van der Waals surface area contributed by atoms with E-state index in [9.17, 15) is 19.2 Å². The zero-order valence-electron chi connectivity index (χ0n) is 22.6. The topological polar surface area (TPSA) is 169 Å². The van der Waals surface area contributed by atoms with E-state index in [1.807, 2.05) is 0 Å². The lowest BCUT2D eigenvalue weighted by atomic mass is 9.98. The molecule has 3 aromatic rings. The fourth-order valence-electron chi connectivity index (χ4n) is 4.48. The Morgan fingerprint density at radius 2 is 1.95 bits per heavy atom. The Balaban J connectivity index is 1.49. The fraction of sp³-hybridized carbons (Fsp3) is 0.370. The molecule has 13 nitrogen and oxygen atoms in total. The van der Waals surface area contributed by atoms with Gasteiger partial charge in [-0.3, -0.25) is 19.7 Å². The number of aromatic nitrogens is 4. The number of carbonyl (C=O) groups is 4. The number of hydrogen-bond donors (Lipinski definition) is 4. The summed E-state index contributed by atoms with van der Waals surface area (Å²) in [6.45, 7) is 2.09. The summed E-state index contributed by atoms with van der Waals surface area (Å²) in [5.41, 5.74) is 2.28. The number of benzene rings is 2. The lowest BCUT2D eigenvalue weighted by Crippen LogP contribution is -2.47. The standard InChI is InChI=1S/C27H31ClN8O5/c1-16-5-3-4-6-21(26(39)29-12-11-17-13-18(28)7-10-23(17)36-15-30-34-35-36)32-25(38)20-9-8-19(31-27(40)41-2)14-22(20)33-24(16)37/h7-10,13-16,21H,3-6,11-12H2,1-2H3,(H,29,39)(H,31,40)(H,32,38)(H,33,37). The molecule has 14 heteroatoms. The molecule has 2 unspecified atom stereocenters. The number of hydrogen-bond acceptors (Lipinski definition) is 8. The van der Waals surface area contributed by atoms with Crippen molar-refractivity contribution >= 4 is 46.8 Å². The molecule has 4 amide bonds. The third kappa shape index (κ3) is 7.78. The van der Waals surface area contributed by atoms with Crippen LogP contribution in [0.1, 0.15) is 48.5 Å². The number of tetrazole rings is 1. The summed E-state index contributed by atoms with van der Waals surface area (Å²) in [7, 11) is 1.23. The Morgan fingerprint density at radius 3 is 2.71 bits per heavy atom. The SMILES string of the molecule is COC(=O)Nc1ccc2c(c1)NC(=O)C(C)CCCCC(C(=O)NCCc1cc(Cl)ccc1-n1cnnn1)NC2=O. The number of rotatable bonds is 6. The van der Waals surface area contributed by atoms with E-state index in [1.54, 1.807) is 25.1 Å². The quantitative estimate of drug-likeness (QED) is 0.343. The number of carbonyl (C=O) groups excluding carboxylic acids is 4. The summed E-state index contributed by atoms with van der Waals surface area (Å²) in [4.78, 5) is 51.0. The van der Waals surface area contributed by atoms with E-state index < -0.39 is 18.0 Å². The molecule has 216 valence electrons. The molecule has 2 heterocycles. The Hall–Kier alpha value is -4.52. The summed E-state index contributed by atoms with van der Waals surface area (Å²) in [5, 5.41) is 22.8. The van der Waals surface area contributed by atoms with E-state index in [-0.39, 0.29) is 35.5 Å². The number of fused-ring (bicyclic) bond motifs is 1. The Kier molecular flexibility index (Phi) is 9.85. The molecule has 2 aromatic carbocycles. The third-order valence-electron chi connectivity index (χ3n) is 6.73. The van der Waals surface area contributed by atoms with Gasteiger partial charge in [0.15, 0.2) is 0 Å². The third-order valence-corrected chi connectivity index (χ3v) is 6.97. The van der Waals surface area contributed by atoms with Crippen molar-refractivity contribution in [3.63, 3.8) is 0 Å². The molecule has 2 atom stereocenters. The van der Waals surface area contributed by atoms with Gasteiger partial charge in [-0.2, -0.15) is 0 Å². The number of halogens is 1. The van der Waals surface area contributed by atoms with Crippen LogP contribution < -0.4 is 21.3 Å². The molecular formula is C27H31ClN8O5. The van der Waals surface area contributed by atoms with Crippen molar-refractivity contribution < 1.29 is 23.9 Å². The molecule has 1 aliphatic heterocycles. The smallest absolute Gasteiger partial charge is 0.411 e. The van der Waals surface area contributed by atoms with Crippen molar-refractivity contribution in [3.05, 3.63) is 58.9 Å². The highest BCUT2D eigenvalue weighted by molar-refractivity contribution is 6.30. The molecule has 4 rings (SSSR count). The van der Waals surface area contributed by atoms with Gasteiger partial charge >= 0.3 is 6.09 Å². The van der Waals surface area contributed by atoms with Gasteiger partial charge in [0.1, 0.15) is 12.4 Å². The van der Waals surface area contributed by atoms with Crippen LogP contribution in [0.3, 0.4) is 0 Å². The first-order chi connectivity index (χ1) is 19.7. The van der Waals surface area contributed by atoms with Crippen LogP contribution >= 0.6 is 11.6 Å². The maximum absolute atomic E-state index is 13.3. The molecule has 0 fully saturated rings. The summed E-state index contributed by atoms with van der Waals surface area (Å²) in [5.74, 6) is -1.42. The van der Waals surface area contributed by atoms with E-state index in [4.69, 9.17) is 11.6 Å². The maximum Gasteiger partial charge on any atom is 0.411 e. The van der Waals surface area contributed by atoms with Crippen molar-refractivity contribution in [2.75, 3.05) is 24.3 Å². The van der Waals surface area contributed by atoms with E-state index in [2.05, 4.69) is 41.5 Å². The number of anilines is 2. The highest BCUT2D eigenvalue weighted by atomic mass is 35.5. The summed E-state index contributed by atoms with van der Waals surface area (Å²) >= 11 is 6.20. The van der Waals surface area contributed by atoms with E-state index in [1.165, 1.54) is 36.3 Å². The van der Waals surface area contributed by atoms with Gasteiger partial charge in [-0.25, -0.2) is 9.48 Å². The highest BCUT2D eigenvalue weighted by Gasteiger charge is 2.25. The first-order valence-electron chi connectivity index (χ1n) is 13.2. The zero-order valence-corrected chi connectivity index (χ0v) is 23.4. The Bertz CT molecular complexity index is 1410. The molecule has 1 aromatic heterocycles. The minimum atomic E-state index is -0.799. The molecule has 0 saturated carbocycles. The molecule has 0 aliphatic carbocycles. The van der Waals surface area contributed by atoms with Crippen LogP contribution in [0.25, 0.3) is 5.69 Å². The highest BCUT2D eigenvalue weighted by Crippen LogP contribution is 2.24. The molecule has 0 saturated heterocycles. The molecule has 41 heavy (non-hydrogen) atoms. The van der Waals surface area contributed by atoms with E-state index in [0.29, 0.717) is 42.8 Å². The van der Waals surface area contributed by atoms with Crippen LogP contribution in [-0.4, -0.2) is 63.7 Å². The minimum absolute atomic E-state index is 0.157.